The van der Waals surface area contributed by atoms with E-state index in [1.165, 1.54) is 5.57 Å². The van der Waals surface area contributed by atoms with Gasteiger partial charge in [0.25, 0.3) is 5.91 Å². The van der Waals surface area contributed by atoms with Crippen molar-refractivity contribution in [3.63, 3.8) is 0 Å². The maximum absolute atomic E-state index is 12.4. The fraction of sp³-hybridized carbons (Fsp3) is 0.357. The molecule has 0 aromatic heterocycles. The van der Waals surface area contributed by atoms with Crippen LogP contribution in [0.3, 0.4) is 0 Å². The summed E-state index contributed by atoms with van der Waals surface area (Å²) in [6.07, 6.45) is 2.93. The molecule has 0 unspecified atom stereocenters. The van der Waals surface area contributed by atoms with Gasteiger partial charge >= 0.3 is 0 Å². The number of amides is 1. The molecule has 1 aromatic rings. The predicted octanol–water partition coefficient (Wildman–Crippen LogP) is 3.52. The molecule has 0 saturated carbocycles. The van der Waals surface area contributed by atoms with Crippen molar-refractivity contribution in [2.24, 2.45) is 0 Å². The Balaban J connectivity index is 2.09. The lowest BCUT2D eigenvalue weighted by Crippen LogP contribution is -2.35. The van der Waals surface area contributed by atoms with Gasteiger partial charge in [0.05, 0.1) is 12.2 Å². The molecule has 0 aliphatic carbocycles. The smallest absolute Gasteiger partial charge is 0.255 e. The van der Waals surface area contributed by atoms with E-state index in [1.54, 1.807) is 25.3 Å². The number of methoxy groups -OCH3 is 1. The molecule has 19 heavy (non-hydrogen) atoms. The Kier molecular flexibility index (Phi) is 5.02. The van der Waals surface area contributed by atoms with Crippen LogP contribution >= 0.6 is 27.5 Å². The van der Waals surface area contributed by atoms with Crippen molar-refractivity contribution in [3.05, 3.63) is 44.9 Å². The zero-order chi connectivity index (χ0) is 13.8. The molecule has 5 heteroatoms. The van der Waals surface area contributed by atoms with E-state index < -0.39 is 0 Å². The van der Waals surface area contributed by atoms with E-state index in [1.807, 2.05) is 4.90 Å². The summed E-state index contributed by atoms with van der Waals surface area (Å²) in [5, 5.41) is 0.615. The summed E-state index contributed by atoms with van der Waals surface area (Å²) in [4.78, 5) is 14.2. The van der Waals surface area contributed by atoms with Gasteiger partial charge in [-0.3, -0.25) is 4.79 Å². The van der Waals surface area contributed by atoms with Crippen LogP contribution in [0, 0.1) is 0 Å². The van der Waals surface area contributed by atoms with Gasteiger partial charge in [0.15, 0.2) is 0 Å². The summed E-state index contributed by atoms with van der Waals surface area (Å²) in [5.41, 5.74) is 1.90. The predicted molar refractivity (Wildman–Crippen MR) is 79.6 cm³/mol. The SMILES string of the molecule is COCC1=CCN(C(=O)c2ccc(Cl)cc2Br)CC1. The summed E-state index contributed by atoms with van der Waals surface area (Å²) >= 11 is 9.27. The zero-order valence-electron chi connectivity index (χ0n) is 10.7. The van der Waals surface area contributed by atoms with Crippen LogP contribution in [0.25, 0.3) is 0 Å². The van der Waals surface area contributed by atoms with Crippen LogP contribution in [0.2, 0.25) is 5.02 Å². The van der Waals surface area contributed by atoms with Crippen molar-refractivity contribution in [1.82, 2.24) is 4.90 Å². The molecule has 0 spiro atoms. The molecule has 1 aliphatic rings. The van der Waals surface area contributed by atoms with E-state index in [0.717, 1.165) is 17.4 Å². The molecule has 0 saturated heterocycles. The van der Waals surface area contributed by atoms with Crippen molar-refractivity contribution >= 4 is 33.4 Å². The van der Waals surface area contributed by atoms with Crippen LogP contribution in [-0.4, -0.2) is 37.6 Å². The molecule has 0 atom stereocenters. The van der Waals surface area contributed by atoms with Gasteiger partial charge in [-0.15, -0.1) is 0 Å². The lowest BCUT2D eigenvalue weighted by atomic mass is 10.1. The third-order valence-corrected chi connectivity index (χ3v) is 3.97. The van der Waals surface area contributed by atoms with Gasteiger partial charge in [0.2, 0.25) is 0 Å². The third kappa shape index (κ3) is 3.59. The minimum atomic E-state index is 0.0243. The van der Waals surface area contributed by atoms with Crippen molar-refractivity contribution in [2.45, 2.75) is 6.42 Å². The number of hydrogen-bond donors (Lipinski definition) is 0. The van der Waals surface area contributed by atoms with Crippen LogP contribution in [0.1, 0.15) is 16.8 Å². The normalized spacial score (nSPS) is 15.3. The average molecular weight is 345 g/mol. The number of rotatable bonds is 3. The minimum absolute atomic E-state index is 0.0243. The Morgan fingerprint density at radius 3 is 2.89 bits per heavy atom. The lowest BCUT2D eigenvalue weighted by Gasteiger charge is -2.26. The second kappa shape index (κ2) is 6.55. The molecule has 102 valence electrons. The number of halogens is 2. The first-order chi connectivity index (χ1) is 9.11. The highest BCUT2D eigenvalue weighted by molar-refractivity contribution is 9.10. The quantitative estimate of drug-likeness (QED) is 0.785. The highest BCUT2D eigenvalue weighted by Gasteiger charge is 2.20. The van der Waals surface area contributed by atoms with Crippen molar-refractivity contribution in [2.75, 3.05) is 26.8 Å². The summed E-state index contributed by atoms with van der Waals surface area (Å²) < 4.78 is 5.83. The van der Waals surface area contributed by atoms with E-state index in [0.29, 0.717) is 23.7 Å². The van der Waals surface area contributed by atoms with Crippen molar-refractivity contribution in [1.29, 1.82) is 0 Å². The van der Waals surface area contributed by atoms with E-state index in [2.05, 4.69) is 22.0 Å². The van der Waals surface area contributed by atoms with Gasteiger partial charge < -0.3 is 9.64 Å². The fourth-order valence-corrected chi connectivity index (χ4v) is 2.90. The number of ether oxygens (including phenoxy) is 1. The summed E-state index contributed by atoms with van der Waals surface area (Å²) in [5.74, 6) is 0.0243. The van der Waals surface area contributed by atoms with E-state index in [9.17, 15) is 4.79 Å². The van der Waals surface area contributed by atoms with Crippen LogP contribution < -0.4 is 0 Å². The average Bonchev–Trinajstić information content (AvgIpc) is 2.39. The molecular formula is C14H15BrClNO2. The largest absolute Gasteiger partial charge is 0.380 e. The first-order valence-corrected chi connectivity index (χ1v) is 7.20. The Morgan fingerprint density at radius 1 is 1.53 bits per heavy atom. The Bertz CT molecular complexity index is 516. The molecule has 0 bridgehead atoms. The highest BCUT2D eigenvalue weighted by atomic mass is 79.9. The van der Waals surface area contributed by atoms with Gasteiger partial charge in [-0.25, -0.2) is 0 Å². The molecule has 0 N–H and O–H groups in total. The first kappa shape index (κ1) is 14.6. The third-order valence-electron chi connectivity index (χ3n) is 3.08. The van der Waals surface area contributed by atoms with Crippen molar-refractivity contribution < 1.29 is 9.53 Å². The standard InChI is InChI=1S/C14H15BrClNO2/c1-19-9-10-4-6-17(7-5-10)14(18)12-3-2-11(16)8-13(12)15/h2-4,8H,5-7,9H2,1H3. The molecule has 1 heterocycles. The van der Waals surface area contributed by atoms with Crippen LogP contribution in [0.4, 0.5) is 0 Å². The maximum Gasteiger partial charge on any atom is 0.255 e. The summed E-state index contributed by atoms with van der Waals surface area (Å²) in [6.45, 7) is 2.00. The van der Waals surface area contributed by atoms with Crippen molar-refractivity contribution in [3.8, 4) is 0 Å². The number of hydrogen-bond acceptors (Lipinski definition) is 2. The number of carbonyl (C=O) groups excluding carboxylic acids is 1. The molecule has 0 fully saturated rings. The highest BCUT2D eigenvalue weighted by Crippen LogP contribution is 2.24. The monoisotopic (exact) mass is 343 g/mol. The van der Waals surface area contributed by atoms with E-state index >= 15 is 0 Å². The van der Waals surface area contributed by atoms with E-state index in [4.69, 9.17) is 16.3 Å². The molecule has 1 aliphatic heterocycles. The van der Waals surface area contributed by atoms with Gasteiger partial charge in [-0.1, -0.05) is 17.7 Å². The summed E-state index contributed by atoms with van der Waals surface area (Å²) in [6, 6.07) is 5.23. The number of nitrogens with zero attached hydrogens (tertiary/aromatic N) is 1. The minimum Gasteiger partial charge on any atom is -0.380 e. The second-order valence-corrected chi connectivity index (χ2v) is 5.71. The van der Waals surface area contributed by atoms with Crippen LogP contribution in [0.15, 0.2) is 34.3 Å². The molecule has 2 rings (SSSR count). The maximum atomic E-state index is 12.4. The van der Waals surface area contributed by atoms with Gasteiger partial charge in [0, 0.05) is 29.7 Å². The second-order valence-electron chi connectivity index (χ2n) is 4.42. The molecule has 3 nitrogen and oxygen atoms in total. The Labute approximate surface area is 126 Å². The summed E-state index contributed by atoms with van der Waals surface area (Å²) in [7, 11) is 1.68. The van der Waals surface area contributed by atoms with Gasteiger partial charge in [0.1, 0.15) is 0 Å². The fourth-order valence-electron chi connectivity index (χ4n) is 2.05. The van der Waals surface area contributed by atoms with Crippen LogP contribution in [0.5, 0.6) is 0 Å². The molecule has 1 amide bonds. The van der Waals surface area contributed by atoms with Crippen LogP contribution in [-0.2, 0) is 4.74 Å². The first-order valence-electron chi connectivity index (χ1n) is 6.03. The molecular weight excluding hydrogens is 330 g/mol. The topological polar surface area (TPSA) is 29.5 Å². The molecule has 1 aromatic carbocycles. The number of benzene rings is 1. The Morgan fingerprint density at radius 2 is 2.32 bits per heavy atom. The lowest BCUT2D eigenvalue weighted by molar-refractivity contribution is 0.0764. The zero-order valence-corrected chi connectivity index (χ0v) is 13.0. The Hall–Kier alpha value is -0.840. The van der Waals surface area contributed by atoms with Gasteiger partial charge in [-0.2, -0.15) is 0 Å². The van der Waals surface area contributed by atoms with Gasteiger partial charge in [-0.05, 0) is 46.1 Å². The number of carbonyl (C=O) groups is 1. The van der Waals surface area contributed by atoms with E-state index in [-0.39, 0.29) is 5.91 Å². The molecule has 0 radical (unpaired) electrons.